The van der Waals surface area contributed by atoms with Crippen LogP contribution in [0, 0.1) is 11.3 Å². The van der Waals surface area contributed by atoms with Gasteiger partial charge in [-0.2, -0.15) is 5.26 Å². The third-order valence-electron chi connectivity index (χ3n) is 3.71. The van der Waals surface area contributed by atoms with E-state index in [-0.39, 0.29) is 23.1 Å². The van der Waals surface area contributed by atoms with Crippen molar-refractivity contribution in [3.63, 3.8) is 0 Å². The highest BCUT2D eigenvalue weighted by molar-refractivity contribution is 9.13. The average Bonchev–Trinajstić information content (AvgIpc) is 2.66. The van der Waals surface area contributed by atoms with Crippen molar-refractivity contribution in [2.45, 2.75) is 13.0 Å². The molecule has 2 aromatic carbocycles. The van der Waals surface area contributed by atoms with Gasteiger partial charge in [-0.1, -0.05) is 30.3 Å². The van der Waals surface area contributed by atoms with Gasteiger partial charge in [0.2, 0.25) is 0 Å². The SMILES string of the molecule is COc1cc(/C=C(/C#N)C(=O)N[C@H](C)c2ccccc2)c(Br)c(Br)c1O. The highest BCUT2D eigenvalue weighted by Crippen LogP contribution is 2.42. The second-order valence-corrected chi connectivity index (χ2v) is 7.01. The molecule has 0 saturated heterocycles. The summed E-state index contributed by atoms with van der Waals surface area (Å²) in [6, 6.07) is 12.7. The molecular weight excluding hydrogens is 464 g/mol. The summed E-state index contributed by atoms with van der Waals surface area (Å²) in [5.41, 5.74) is 1.40. The number of methoxy groups -OCH3 is 1. The number of aromatic hydroxyl groups is 1. The molecule has 0 aromatic heterocycles. The summed E-state index contributed by atoms with van der Waals surface area (Å²) in [5, 5.41) is 22.2. The number of nitrogens with one attached hydrogen (secondary N) is 1. The summed E-state index contributed by atoms with van der Waals surface area (Å²) < 4.78 is 5.99. The molecule has 7 heteroatoms. The first-order chi connectivity index (χ1) is 12.4. The van der Waals surface area contributed by atoms with E-state index < -0.39 is 5.91 Å². The largest absolute Gasteiger partial charge is 0.503 e. The number of ether oxygens (including phenoxy) is 1. The van der Waals surface area contributed by atoms with Crippen molar-refractivity contribution < 1.29 is 14.6 Å². The molecule has 0 unspecified atom stereocenters. The van der Waals surface area contributed by atoms with E-state index in [9.17, 15) is 15.2 Å². The predicted octanol–water partition coefficient (Wildman–Crippen LogP) is 4.71. The minimum absolute atomic E-state index is 0.0619. The van der Waals surface area contributed by atoms with Crippen LogP contribution in [0.4, 0.5) is 0 Å². The molecule has 5 nitrogen and oxygen atoms in total. The highest BCUT2D eigenvalue weighted by atomic mass is 79.9. The number of nitriles is 1. The number of phenols is 1. The smallest absolute Gasteiger partial charge is 0.262 e. The van der Waals surface area contributed by atoms with Gasteiger partial charge in [-0.25, -0.2) is 0 Å². The maximum atomic E-state index is 12.5. The van der Waals surface area contributed by atoms with Crippen molar-refractivity contribution in [3.8, 4) is 17.6 Å². The number of nitrogens with zero attached hydrogens (tertiary/aromatic N) is 1. The first-order valence-electron chi connectivity index (χ1n) is 7.61. The molecule has 2 aromatic rings. The van der Waals surface area contributed by atoms with Gasteiger partial charge in [0.25, 0.3) is 5.91 Å². The van der Waals surface area contributed by atoms with Crippen LogP contribution in [0.2, 0.25) is 0 Å². The van der Waals surface area contributed by atoms with Gasteiger partial charge in [-0.3, -0.25) is 4.79 Å². The lowest BCUT2D eigenvalue weighted by atomic mass is 10.1. The van der Waals surface area contributed by atoms with Crippen LogP contribution in [0.1, 0.15) is 24.1 Å². The summed E-state index contributed by atoms with van der Waals surface area (Å²) in [7, 11) is 1.42. The lowest BCUT2D eigenvalue weighted by molar-refractivity contribution is -0.117. The van der Waals surface area contributed by atoms with Crippen molar-refractivity contribution in [2.75, 3.05) is 7.11 Å². The number of halogens is 2. The fourth-order valence-electron chi connectivity index (χ4n) is 2.28. The van der Waals surface area contributed by atoms with Crippen molar-refractivity contribution >= 4 is 43.8 Å². The predicted molar refractivity (Wildman–Crippen MR) is 107 cm³/mol. The van der Waals surface area contributed by atoms with E-state index in [1.54, 1.807) is 0 Å². The minimum Gasteiger partial charge on any atom is -0.503 e. The van der Waals surface area contributed by atoms with Gasteiger partial charge in [0, 0.05) is 4.47 Å². The minimum atomic E-state index is -0.487. The van der Waals surface area contributed by atoms with Crippen molar-refractivity contribution in [1.29, 1.82) is 5.26 Å². The van der Waals surface area contributed by atoms with Gasteiger partial charge < -0.3 is 15.2 Å². The van der Waals surface area contributed by atoms with Crippen LogP contribution in [0.5, 0.6) is 11.5 Å². The number of carbonyl (C=O) groups excluding carboxylic acids is 1. The summed E-state index contributed by atoms with van der Waals surface area (Å²) in [5.74, 6) is -0.335. The Kier molecular flexibility index (Phi) is 6.83. The molecule has 0 aliphatic rings. The Morgan fingerprint density at radius 3 is 2.54 bits per heavy atom. The number of carbonyl (C=O) groups is 1. The van der Waals surface area contributed by atoms with Gasteiger partial charge in [-0.05, 0) is 62.1 Å². The van der Waals surface area contributed by atoms with Crippen molar-refractivity contribution in [1.82, 2.24) is 5.32 Å². The number of hydrogen-bond donors (Lipinski definition) is 2. The molecule has 0 radical (unpaired) electrons. The summed E-state index contributed by atoms with van der Waals surface area (Å²) in [6.45, 7) is 1.85. The van der Waals surface area contributed by atoms with Crippen molar-refractivity contribution in [2.24, 2.45) is 0 Å². The van der Waals surface area contributed by atoms with E-state index >= 15 is 0 Å². The number of phenolic OH excluding ortho intramolecular Hbond substituents is 1. The third kappa shape index (κ3) is 4.45. The zero-order chi connectivity index (χ0) is 19.3. The number of rotatable bonds is 5. The topological polar surface area (TPSA) is 82.3 Å². The monoisotopic (exact) mass is 478 g/mol. The molecule has 0 spiro atoms. The van der Waals surface area contributed by atoms with Crippen LogP contribution in [-0.2, 0) is 4.79 Å². The maximum absolute atomic E-state index is 12.5. The van der Waals surface area contributed by atoms with Crippen LogP contribution in [-0.4, -0.2) is 18.1 Å². The molecule has 2 N–H and O–H groups in total. The fraction of sp³-hybridized carbons (Fsp3) is 0.158. The Labute approximate surface area is 168 Å². The third-order valence-corrected chi connectivity index (χ3v) is 5.86. The Balaban J connectivity index is 2.32. The Morgan fingerprint density at radius 1 is 1.31 bits per heavy atom. The average molecular weight is 480 g/mol. The molecule has 2 rings (SSSR count). The van der Waals surface area contributed by atoms with E-state index in [2.05, 4.69) is 37.2 Å². The molecule has 0 bridgehead atoms. The molecule has 0 aliphatic heterocycles. The molecule has 26 heavy (non-hydrogen) atoms. The standard InChI is InChI=1S/C19H16Br2N2O3/c1-11(12-6-4-3-5-7-12)23-19(25)14(10-22)8-13-9-15(26-2)18(24)17(21)16(13)20/h3-9,11,24H,1-2H3,(H,23,25)/b14-8-/t11-/m1/s1. The van der Waals surface area contributed by atoms with Crippen LogP contribution in [0.3, 0.4) is 0 Å². The number of amides is 1. The highest BCUT2D eigenvalue weighted by Gasteiger charge is 2.17. The van der Waals surface area contributed by atoms with Gasteiger partial charge in [-0.15, -0.1) is 0 Å². The summed E-state index contributed by atoms with van der Waals surface area (Å²) in [4.78, 5) is 12.5. The van der Waals surface area contributed by atoms with E-state index in [1.165, 1.54) is 19.3 Å². The second kappa shape index (κ2) is 8.88. The fourth-order valence-corrected chi connectivity index (χ4v) is 3.12. The van der Waals surface area contributed by atoms with Crippen molar-refractivity contribution in [3.05, 3.63) is 62.0 Å². The molecule has 134 valence electrons. The lowest BCUT2D eigenvalue weighted by Crippen LogP contribution is -2.27. The van der Waals surface area contributed by atoms with E-state index in [4.69, 9.17) is 4.74 Å². The van der Waals surface area contributed by atoms with Crippen LogP contribution in [0.15, 0.2) is 50.9 Å². The van der Waals surface area contributed by atoms with E-state index in [0.29, 0.717) is 14.5 Å². The normalized spacial score (nSPS) is 12.2. The molecule has 1 atom stereocenters. The number of hydrogen-bond acceptors (Lipinski definition) is 4. The van der Waals surface area contributed by atoms with Gasteiger partial charge >= 0.3 is 0 Å². The molecule has 0 aliphatic carbocycles. The Bertz CT molecular complexity index is 890. The second-order valence-electron chi connectivity index (χ2n) is 5.42. The van der Waals surface area contributed by atoms with Gasteiger partial charge in [0.15, 0.2) is 11.5 Å². The van der Waals surface area contributed by atoms with Gasteiger partial charge in [0.05, 0.1) is 17.6 Å². The Morgan fingerprint density at radius 2 is 1.96 bits per heavy atom. The van der Waals surface area contributed by atoms with Crippen LogP contribution >= 0.6 is 31.9 Å². The van der Waals surface area contributed by atoms with E-state index in [1.807, 2.05) is 43.3 Å². The Hall–Kier alpha value is -2.30. The molecule has 1 amide bonds. The quantitative estimate of drug-likeness (QED) is 0.480. The van der Waals surface area contributed by atoms with E-state index in [0.717, 1.165) is 5.56 Å². The zero-order valence-electron chi connectivity index (χ0n) is 14.1. The summed E-state index contributed by atoms with van der Waals surface area (Å²) >= 11 is 6.59. The first-order valence-corrected chi connectivity index (χ1v) is 9.20. The van der Waals surface area contributed by atoms with Crippen LogP contribution < -0.4 is 10.1 Å². The first kappa shape index (κ1) is 20.0. The zero-order valence-corrected chi connectivity index (χ0v) is 17.3. The van der Waals surface area contributed by atoms with Crippen LogP contribution in [0.25, 0.3) is 6.08 Å². The maximum Gasteiger partial charge on any atom is 0.262 e. The number of benzene rings is 2. The molecule has 0 saturated carbocycles. The lowest BCUT2D eigenvalue weighted by Gasteiger charge is -2.14. The molecular formula is C19H16Br2N2O3. The van der Waals surface area contributed by atoms with Gasteiger partial charge in [0.1, 0.15) is 11.6 Å². The summed E-state index contributed by atoms with van der Waals surface area (Å²) in [6.07, 6.45) is 1.43. The molecule has 0 heterocycles. The molecule has 0 fully saturated rings.